The van der Waals surface area contributed by atoms with Gasteiger partial charge in [-0.25, -0.2) is 4.79 Å². The highest BCUT2D eigenvalue weighted by Crippen LogP contribution is 2.25. The molecule has 6 nitrogen and oxygen atoms in total. The summed E-state index contributed by atoms with van der Waals surface area (Å²) >= 11 is 7.39. The van der Waals surface area contributed by atoms with E-state index in [9.17, 15) is 19.5 Å². The van der Waals surface area contributed by atoms with Crippen LogP contribution in [0, 0.1) is 0 Å². The van der Waals surface area contributed by atoms with Crippen molar-refractivity contribution in [1.82, 2.24) is 5.32 Å². The third kappa shape index (κ3) is 4.62. The number of rotatable bonds is 7. The Kier molecular flexibility index (Phi) is 6.39. The molecule has 3 N–H and O–H groups in total. The summed E-state index contributed by atoms with van der Waals surface area (Å²) in [6.45, 7) is 3.31. The van der Waals surface area contributed by atoms with Gasteiger partial charge in [-0.1, -0.05) is 31.0 Å². The fourth-order valence-electron chi connectivity index (χ4n) is 2.40. The van der Waals surface area contributed by atoms with Crippen LogP contribution in [0.25, 0.3) is 0 Å². The van der Waals surface area contributed by atoms with Crippen LogP contribution >= 0.6 is 22.9 Å². The van der Waals surface area contributed by atoms with Gasteiger partial charge in [-0.3, -0.25) is 9.59 Å². The van der Waals surface area contributed by atoms with Crippen molar-refractivity contribution in [1.29, 1.82) is 0 Å². The van der Waals surface area contributed by atoms with E-state index >= 15 is 0 Å². The fourth-order valence-corrected chi connectivity index (χ4v) is 3.18. The van der Waals surface area contributed by atoms with Crippen molar-refractivity contribution in [2.24, 2.45) is 0 Å². The quantitative estimate of drug-likeness (QED) is 0.660. The number of benzene rings is 1. The second-order valence-electron chi connectivity index (χ2n) is 5.97. The van der Waals surface area contributed by atoms with Gasteiger partial charge in [0.2, 0.25) is 0 Å². The molecule has 138 valence electrons. The van der Waals surface area contributed by atoms with Crippen molar-refractivity contribution in [3.8, 4) is 0 Å². The molecule has 0 saturated carbocycles. The topological polar surface area (TPSA) is 95.5 Å². The lowest BCUT2D eigenvalue weighted by atomic mass is 9.95. The monoisotopic (exact) mass is 394 g/mol. The molecule has 0 aliphatic rings. The van der Waals surface area contributed by atoms with E-state index in [-0.39, 0.29) is 22.2 Å². The smallest absolute Gasteiger partial charge is 0.329 e. The number of thiophene rings is 1. The average Bonchev–Trinajstić information content (AvgIpc) is 3.11. The van der Waals surface area contributed by atoms with Crippen molar-refractivity contribution in [2.75, 3.05) is 5.32 Å². The summed E-state index contributed by atoms with van der Waals surface area (Å²) in [6, 6.07) is 7.82. The number of carbonyl (C=O) groups is 3. The fraction of sp³-hybridized carbons (Fsp3) is 0.278. The predicted molar refractivity (Wildman–Crippen MR) is 102 cm³/mol. The molecule has 1 aromatic carbocycles. The zero-order chi connectivity index (χ0) is 19.3. The zero-order valence-corrected chi connectivity index (χ0v) is 15.9. The highest BCUT2D eigenvalue weighted by atomic mass is 35.5. The van der Waals surface area contributed by atoms with Crippen LogP contribution in [0.15, 0.2) is 35.7 Å². The van der Waals surface area contributed by atoms with Gasteiger partial charge in [0.25, 0.3) is 11.8 Å². The van der Waals surface area contributed by atoms with Crippen LogP contribution < -0.4 is 10.6 Å². The number of nitrogens with one attached hydrogen (secondary N) is 2. The van der Waals surface area contributed by atoms with Gasteiger partial charge >= 0.3 is 5.97 Å². The highest BCUT2D eigenvalue weighted by Gasteiger charge is 2.34. The first-order valence-electron chi connectivity index (χ1n) is 7.97. The van der Waals surface area contributed by atoms with E-state index in [1.807, 2.05) is 6.92 Å². The van der Waals surface area contributed by atoms with Gasteiger partial charge in [0, 0.05) is 5.56 Å². The molecule has 1 aromatic heterocycles. The molecular weight excluding hydrogens is 376 g/mol. The van der Waals surface area contributed by atoms with Crippen LogP contribution in [0.1, 0.15) is 46.7 Å². The molecule has 2 amide bonds. The molecule has 0 bridgehead atoms. The summed E-state index contributed by atoms with van der Waals surface area (Å²) in [5, 5.41) is 16.7. The highest BCUT2D eigenvalue weighted by molar-refractivity contribution is 7.12. The largest absolute Gasteiger partial charge is 0.480 e. The van der Waals surface area contributed by atoms with E-state index in [0.29, 0.717) is 17.7 Å². The molecule has 2 rings (SSSR count). The molecular formula is C18H19ClN2O4S. The lowest BCUT2D eigenvalue weighted by Gasteiger charge is -2.26. The van der Waals surface area contributed by atoms with Crippen LogP contribution in [-0.4, -0.2) is 28.4 Å². The summed E-state index contributed by atoms with van der Waals surface area (Å²) in [7, 11) is 0. The molecule has 0 aliphatic carbocycles. The van der Waals surface area contributed by atoms with E-state index in [1.54, 1.807) is 17.5 Å². The molecule has 1 unspecified atom stereocenters. The van der Waals surface area contributed by atoms with E-state index in [1.165, 1.54) is 36.5 Å². The summed E-state index contributed by atoms with van der Waals surface area (Å²) in [5.41, 5.74) is -0.879. The Balaban J connectivity index is 2.21. The first-order chi connectivity index (χ1) is 12.3. The summed E-state index contributed by atoms with van der Waals surface area (Å²) in [4.78, 5) is 36.7. The number of aliphatic carboxylic acids is 1. The third-order valence-electron chi connectivity index (χ3n) is 3.83. The van der Waals surface area contributed by atoms with Gasteiger partial charge < -0.3 is 15.7 Å². The molecule has 1 heterocycles. The minimum atomic E-state index is -1.37. The number of amides is 2. The first-order valence-corrected chi connectivity index (χ1v) is 9.23. The molecule has 0 saturated heterocycles. The third-order valence-corrected chi connectivity index (χ3v) is 5.03. The summed E-state index contributed by atoms with van der Waals surface area (Å²) in [6.07, 6.45) is 0.898. The van der Waals surface area contributed by atoms with Crippen LogP contribution in [-0.2, 0) is 4.79 Å². The minimum Gasteiger partial charge on any atom is -0.480 e. The Morgan fingerprint density at radius 3 is 2.54 bits per heavy atom. The van der Waals surface area contributed by atoms with E-state index in [4.69, 9.17) is 11.6 Å². The second-order valence-corrected chi connectivity index (χ2v) is 7.32. The molecule has 1 atom stereocenters. The lowest BCUT2D eigenvalue weighted by molar-refractivity contribution is -0.144. The molecule has 8 heteroatoms. The van der Waals surface area contributed by atoms with E-state index < -0.39 is 17.4 Å². The minimum absolute atomic E-state index is 0.208. The Morgan fingerprint density at radius 2 is 1.96 bits per heavy atom. The number of carbonyl (C=O) groups excluding carboxylic acids is 2. The Morgan fingerprint density at radius 1 is 1.23 bits per heavy atom. The molecule has 26 heavy (non-hydrogen) atoms. The van der Waals surface area contributed by atoms with Crippen LogP contribution in [0.5, 0.6) is 0 Å². The normalized spacial score (nSPS) is 12.9. The molecule has 2 aromatic rings. The SMILES string of the molecule is CCCC(C)(NC(=O)c1ccc(Cl)c(NC(=O)c2cccs2)c1)C(=O)O. The number of anilines is 1. The van der Waals surface area contributed by atoms with Crippen LogP contribution in [0.3, 0.4) is 0 Å². The molecule has 0 fully saturated rings. The van der Waals surface area contributed by atoms with E-state index in [0.717, 1.165) is 0 Å². The lowest BCUT2D eigenvalue weighted by Crippen LogP contribution is -2.52. The van der Waals surface area contributed by atoms with Gasteiger partial charge in [-0.15, -0.1) is 11.3 Å². The summed E-state index contributed by atoms with van der Waals surface area (Å²) in [5.74, 6) is -1.99. The number of carboxylic acid groups (broad SMARTS) is 1. The molecule has 0 spiro atoms. The molecule has 0 radical (unpaired) electrons. The Bertz CT molecular complexity index is 823. The zero-order valence-electron chi connectivity index (χ0n) is 14.3. The van der Waals surface area contributed by atoms with Gasteiger partial charge in [0.15, 0.2) is 0 Å². The maximum Gasteiger partial charge on any atom is 0.329 e. The average molecular weight is 395 g/mol. The van der Waals surface area contributed by atoms with Gasteiger partial charge in [-0.2, -0.15) is 0 Å². The van der Waals surface area contributed by atoms with Crippen LogP contribution in [0.4, 0.5) is 5.69 Å². The molecule has 0 aliphatic heterocycles. The van der Waals surface area contributed by atoms with Crippen molar-refractivity contribution < 1.29 is 19.5 Å². The predicted octanol–water partition coefficient (Wildman–Crippen LogP) is 4.03. The Labute approximate surface area is 160 Å². The van der Waals surface area contributed by atoms with Crippen LogP contribution in [0.2, 0.25) is 5.02 Å². The van der Waals surface area contributed by atoms with Crippen molar-refractivity contribution >= 4 is 46.4 Å². The summed E-state index contributed by atoms with van der Waals surface area (Å²) < 4.78 is 0. The van der Waals surface area contributed by atoms with Crippen molar-refractivity contribution in [2.45, 2.75) is 32.2 Å². The van der Waals surface area contributed by atoms with Gasteiger partial charge in [-0.05, 0) is 43.0 Å². The first kappa shape index (κ1) is 19.9. The standard InChI is InChI=1S/C18H19ClN2O4S/c1-3-8-18(2,17(24)25)21-15(22)11-6-7-12(19)13(10-11)20-16(23)14-5-4-9-26-14/h4-7,9-10H,3,8H2,1-2H3,(H,20,23)(H,21,22)(H,24,25). The van der Waals surface area contributed by atoms with Crippen molar-refractivity contribution in [3.05, 3.63) is 51.2 Å². The number of halogens is 1. The number of hydrogen-bond donors (Lipinski definition) is 3. The van der Waals surface area contributed by atoms with Gasteiger partial charge in [0.1, 0.15) is 5.54 Å². The Hall–Kier alpha value is -2.38. The number of hydrogen-bond acceptors (Lipinski definition) is 4. The number of carboxylic acids is 1. The maximum absolute atomic E-state index is 12.5. The second kappa shape index (κ2) is 8.33. The van der Waals surface area contributed by atoms with Gasteiger partial charge in [0.05, 0.1) is 15.6 Å². The van der Waals surface area contributed by atoms with Crippen molar-refractivity contribution in [3.63, 3.8) is 0 Å². The van der Waals surface area contributed by atoms with E-state index in [2.05, 4.69) is 10.6 Å². The maximum atomic E-state index is 12.5.